The fraction of sp³-hybridized carbons (Fsp3) is 0.429. The number of ether oxygens (including phenoxy) is 1. The number of nitrogens with one attached hydrogen (secondary N) is 1. The molecule has 0 aliphatic carbocycles. The fourth-order valence-corrected chi connectivity index (χ4v) is 1.80. The van der Waals surface area contributed by atoms with Gasteiger partial charge < -0.3 is 20.3 Å². The molecule has 0 spiro atoms. The SMILES string of the molecule is COc1cccc(C(=O)NC(C)CCCC(=O)O)c1O. The molecule has 1 aromatic rings. The molecule has 0 heterocycles. The van der Waals surface area contributed by atoms with Gasteiger partial charge in [-0.3, -0.25) is 9.59 Å². The second-order valence-corrected chi connectivity index (χ2v) is 4.52. The fourth-order valence-electron chi connectivity index (χ4n) is 1.80. The summed E-state index contributed by atoms with van der Waals surface area (Å²) < 4.78 is 4.94. The molecule has 1 unspecified atom stereocenters. The Bertz CT molecular complexity index is 486. The van der Waals surface area contributed by atoms with Crippen LogP contribution in [0.2, 0.25) is 0 Å². The maximum Gasteiger partial charge on any atom is 0.303 e. The average Bonchev–Trinajstić information content (AvgIpc) is 2.38. The van der Waals surface area contributed by atoms with Crippen LogP contribution in [-0.4, -0.2) is 35.2 Å². The van der Waals surface area contributed by atoms with Gasteiger partial charge in [-0.15, -0.1) is 0 Å². The number of amides is 1. The minimum atomic E-state index is -0.853. The average molecular weight is 281 g/mol. The summed E-state index contributed by atoms with van der Waals surface area (Å²) in [5.74, 6) is -1.24. The number of methoxy groups -OCH3 is 1. The molecule has 110 valence electrons. The van der Waals surface area contributed by atoms with Crippen molar-refractivity contribution < 1.29 is 24.5 Å². The number of carbonyl (C=O) groups excluding carboxylic acids is 1. The first-order valence-corrected chi connectivity index (χ1v) is 6.34. The molecular formula is C14H19NO5. The smallest absolute Gasteiger partial charge is 0.303 e. The third kappa shape index (κ3) is 4.46. The Hall–Kier alpha value is -2.24. The summed E-state index contributed by atoms with van der Waals surface area (Å²) in [7, 11) is 1.41. The van der Waals surface area contributed by atoms with Gasteiger partial charge in [0, 0.05) is 12.5 Å². The number of hydrogen-bond donors (Lipinski definition) is 3. The number of benzene rings is 1. The number of carboxylic acid groups (broad SMARTS) is 1. The van der Waals surface area contributed by atoms with Crippen LogP contribution in [0.15, 0.2) is 18.2 Å². The molecule has 0 aromatic heterocycles. The second-order valence-electron chi connectivity index (χ2n) is 4.52. The largest absolute Gasteiger partial charge is 0.504 e. The molecule has 0 saturated carbocycles. The van der Waals surface area contributed by atoms with Gasteiger partial charge in [-0.05, 0) is 31.9 Å². The molecule has 0 aliphatic heterocycles. The third-order valence-electron chi connectivity index (χ3n) is 2.87. The van der Waals surface area contributed by atoms with Crippen LogP contribution in [0.5, 0.6) is 11.5 Å². The molecule has 0 saturated heterocycles. The zero-order chi connectivity index (χ0) is 15.1. The standard InChI is InChI=1S/C14H19NO5/c1-9(5-3-8-12(16)17)15-14(19)10-6-4-7-11(20-2)13(10)18/h4,6-7,9,18H,3,5,8H2,1-2H3,(H,15,19)(H,16,17). The maximum atomic E-state index is 12.0. The first-order chi connectivity index (χ1) is 9.45. The molecular weight excluding hydrogens is 262 g/mol. The first kappa shape index (κ1) is 15.8. The van der Waals surface area contributed by atoms with Crippen molar-refractivity contribution >= 4 is 11.9 Å². The Kier molecular flexibility index (Phi) is 5.83. The van der Waals surface area contributed by atoms with Crippen LogP contribution in [0.3, 0.4) is 0 Å². The minimum absolute atomic E-state index is 0.0740. The van der Waals surface area contributed by atoms with E-state index in [0.717, 1.165) is 0 Å². The van der Waals surface area contributed by atoms with Gasteiger partial charge in [-0.1, -0.05) is 6.07 Å². The summed E-state index contributed by atoms with van der Waals surface area (Å²) >= 11 is 0. The highest BCUT2D eigenvalue weighted by Gasteiger charge is 2.16. The van der Waals surface area contributed by atoms with Crippen molar-refractivity contribution in [2.75, 3.05) is 7.11 Å². The highest BCUT2D eigenvalue weighted by atomic mass is 16.5. The predicted molar refractivity (Wildman–Crippen MR) is 73.1 cm³/mol. The van der Waals surface area contributed by atoms with Crippen molar-refractivity contribution in [3.8, 4) is 11.5 Å². The Morgan fingerprint density at radius 3 is 2.70 bits per heavy atom. The summed E-state index contributed by atoms with van der Waals surface area (Å²) in [5, 5.41) is 21.1. The van der Waals surface area contributed by atoms with E-state index in [1.54, 1.807) is 19.1 Å². The predicted octanol–water partition coefficient (Wildman–Crippen LogP) is 1.77. The third-order valence-corrected chi connectivity index (χ3v) is 2.87. The lowest BCUT2D eigenvalue weighted by molar-refractivity contribution is -0.137. The number of aliphatic carboxylic acids is 1. The van der Waals surface area contributed by atoms with Crippen molar-refractivity contribution in [1.82, 2.24) is 5.32 Å². The lowest BCUT2D eigenvalue weighted by Crippen LogP contribution is -2.32. The van der Waals surface area contributed by atoms with E-state index in [0.29, 0.717) is 12.8 Å². The highest BCUT2D eigenvalue weighted by Crippen LogP contribution is 2.29. The van der Waals surface area contributed by atoms with E-state index in [9.17, 15) is 14.7 Å². The lowest BCUT2D eigenvalue weighted by Gasteiger charge is -2.14. The number of hydrogen-bond acceptors (Lipinski definition) is 4. The molecule has 6 nitrogen and oxygen atoms in total. The zero-order valence-corrected chi connectivity index (χ0v) is 11.5. The first-order valence-electron chi connectivity index (χ1n) is 6.34. The van der Waals surface area contributed by atoms with Crippen LogP contribution < -0.4 is 10.1 Å². The molecule has 1 aromatic carbocycles. The van der Waals surface area contributed by atoms with E-state index in [2.05, 4.69) is 5.32 Å². The van der Waals surface area contributed by atoms with Gasteiger partial charge >= 0.3 is 5.97 Å². The van der Waals surface area contributed by atoms with Crippen LogP contribution in [0.1, 0.15) is 36.5 Å². The van der Waals surface area contributed by atoms with E-state index in [1.165, 1.54) is 13.2 Å². The monoisotopic (exact) mass is 281 g/mol. The molecule has 3 N–H and O–H groups in total. The topological polar surface area (TPSA) is 95.9 Å². The molecule has 20 heavy (non-hydrogen) atoms. The minimum Gasteiger partial charge on any atom is -0.504 e. The number of para-hydroxylation sites is 1. The van der Waals surface area contributed by atoms with E-state index >= 15 is 0 Å². The van der Waals surface area contributed by atoms with Gasteiger partial charge in [0.25, 0.3) is 5.91 Å². The number of carboxylic acids is 1. The van der Waals surface area contributed by atoms with Crippen LogP contribution in [0, 0.1) is 0 Å². The molecule has 0 aliphatic rings. The summed E-state index contributed by atoms with van der Waals surface area (Å²) in [4.78, 5) is 22.4. The van der Waals surface area contributed by atoms with Gasteiger partial charge in [0.2, 0.25) is 0 Å². The molecule has 0 fully saturated rings. The van der Waals surface area contributed by atoms with Crippen LogP contribution >= 0.6 is 0 Å². The number of rotatable bonds is 7. The van der Waals surface area contributed by atoms with Gasteiger partial charge in [0.1, 0.15) is 0 Å². The molecule has 0 bridgehead atoms. The summed E-state index contributed by atoms with van der Waals surface area (Å²) in [6.45, 7) is 1.79. The summed E-state index contributed by atoms with van der Waals surface area (Å²) in [5.41, 5.74) is 0.134. The molecule has 0 radical (unpaired) electrons. The van der Waals surface area contributed by atoms with Gasteiger partial charge in [-0.25, -0.2) is 0 Å². The van der Waals surface area contributed by atoms with Crippen molar-refractivity contribution in [3.63, 3.8) is 0 Å². The number of phenols is 1. The van der Waals surface area contributed by atoms with Crippen molar-refractivity contribution in [2.45, 2.75) is 32.2 Å². The van der Waals surface area contributed by atoms with Crippen molar-refractivity contribution in [1.29, 1.82) is 0 Å². The molecule has 6 heteroatoms. The van der Waals surface area contributed by atoms with Crippen molar-refractivity contribution in [2.24, 2.45) is 0 Å². The van der Waals surface area contributed by atoms with Gasteiger partial charge in [0.05, 0.1) is 12.7 Å². The number of phenolic OH excluding ortho intramolecular Hbond substituents is 1. The maximum absolute atomic E-state index is 12.0. The molecule has 1 rings (SSSR count). The van der Waals surface area contributed by atoms with Gasteiger partial charge in [-0.2, -0.15) is 0 Å². The normalized spacial score (nSPS) is 11.7. The quantitative estimate of drug-likeness (QED) is 0.708. The molecule has 1 atom stereocenters. The second kappa shape index (κ2) is 7.37. The van der Waals surface area contributed by atoms with E-state index in [-0.39, 0.29) is 29.5 Å². The van der Waals surface area contributed by atoms with Crippen LogP contribution in [0.25, 0.3) is 0 Å². The van der Waals surface area contributed by atoms with Crippen LogP contribution in [-0.2, 0) is 4.79 Å². The van der Waals surface area contributed by atoms with E-state index < -0.39 is 11.9 Å². The van der Waals surface area contributed by atoms with Gasteiger partial charge in [0.15, 0.2) is 11.5 Å². The van der Waals surface area contributed by atoms with Crippen LogP contribution in [0.4, 0.5) is 0 Å². The molecule has 1 amide bonds. The summed E-state index contributed by atoms with van der Waals surface area (Å²) in [6, 6.07) is 4.50. The Balaban J connectivity index is 2.60. The highest BCUT2D eigenvalue weighted by molar-refractivity contribution is 5.97. The van der Waals surface area contributed by atoms with Crippen molar-refractivity contribution in [3.05, 3.63) is 23.8 Å². The summed E-state index contributed by atoms with van der Waals surface area (Å²) in [6.07, 6.45) is 1.12. The number of carbonyl (C=O) groups is 2. The number of aromatic hydroxyl groups is 1. The Labute approximate surface area is 117 Å². The van der Waals surface area contributed by atoms with E-state index in [1.807, 2.05) is 0 Å². The Morgan fingerprint density at radius 2 is 2.10 bits per heavy atom. The lowest BCUT2D eigenvalue weighted by atomic mass is 10.1. The Morgan fingerprint density at radius 1 is 1.40 bits per heavy atom. The van der Waals surface area contributed by atoms with E-state index in [4.69, 9.17) is 9.84 Å². The zero-order valence-electron chi connectivity index (χ0n) is 11.5.